The molecule has 0 aliphatic heterocycles. The molecule has 0 amide bonds. The Balaban J connectivity index is 0.00000625. The zero-order valence-corrected chi connectivity index (χ0v) is 19.8. The van der Waals surface area contributed by atoms with Crippen molar-refractivity contribution in [1.29, 1.82) is 0 Å². The van der Waals surface area contributed by atoms with Crippen LogP contribution in [-0.2, 0) is 16.4 Å². The Morgan fingerprint density at radius 3 is 2.42 bits per heavy atom. The number of hydrogen-bond donors (Lipinski definition) is 2. The number of hydrogen-bond acceptors (Lipinski definition) is 3. The van der Waals surface area contributed by atoms with Crippen molar-refractivity contribution in [2.45, 2.75) is 57.9 Å². The standard InChI is InChI=1S/C19H33N3O2S.HI/c1-6-8-9-16(7-2)13-21-19(20-4)22-14-17-10-11-18(15(3)12-17)25(5,23)24;/h10-12,16H,6-9,13-14H2,1-5H3,(H2,20,21,22);1H. The molecule has 0 radical (unpaired) electrons. The van der Waals surface area contributed by atoms with Crippen LogP contribution in [-0.4, -0.2) is 34.2 Å². The molecule has 0 bridgehead atoms. The number of nitrogens with zero attached hydrogens (tertiary/aromatic N) is 1. The third-order valence-corrected chi connectivity index (χ3v) is 5.68. The minimum absolute atomic E-state index is 0. The number of guanidine groups is 1. The smallest absolute Gasteiger partial charge is 0.191 e. The number of sulfone groups is 1. The van der Waals surface area contributed by atoms with Crippen LogP contribution in [0.4, 0.5) is 0 Å². The first kappa shape index (κ1) is 25.2. The van der Waals surface area contributed by atoms with Crippen LogP contribution in [0.1, 0.15) is 50.7 Å². The molecule has 1 unspecified atom stereocenters. The molecule has 2 N–H and O–H groups in total. The lowest BCUT2D eigenvalue weighted by Gasteiger charge is -2.18. The number of benzene rings is 1. The van der Waals surface area contributed by atoms with Gasteiger partial charge in [-0.25, -0.2) is 8.42 Å². The number of halogens is 1. The summed E-state index contributed by atoms with van der Waals surface area (Å²) in [6, 6.07) is 5.43. The van der Waals surface area contributed by atoms with Crippen LogP contribution in [0.5, 0.6) is 0 Å². The predicted molar refractivity (Wildman–Crippen MR) is 121 cm³/mol. The molecule has 0 aliphatic rings. The van der Waals surface area contributed by atoms with Crippen LogP contribution >= 0.6 is 24.0 Å². The fourth-order valence-electron chi connectivity index (χ4n) is 2.83. The lowest BCUT2D eigenvalue weighted by Crippen LogP contribution is -2.39. The minimum atomic E-state index is -3.17. The Hall–Kier alpha value is -0.830. The first-order valence-corrected chi connectivity index (χ1v) is 10.9. The molecular formula is C19H34IN3O2S. The average molecular weight is 495 g/mol. The molecule has 5 nitrogen and oxygen atoms in total. The molecular weight excluding hydrogens is 461 g/mol. The molecule has 1 rings (SSSR count). The molecule has 26 heavy (non-hydrogen) atoms. The summed E-state index contributed by atoms with van der Waals surface area (Å²) < 4.78 is 23.4. The van der Waals surface area contributed by atoms with Crippen molar-refractivity contribution in [3.8, 4) is 0 Å². The number of nitrogens with one attached hydrogen (secondary N) is 2. The van der Waals surface area contributed by atoms with Gasteiger partial charge in [0.15, 0.2) is 15.8 Å². The Kier molecular flexibility index (Phi) is 12.1. The van der Waals surface area contributed by atoms with E-state index in [4.69, 9.17) is 0 Å². The maximum Gasteiger partial charge on any atom is 0.191 e. The van der Waals surface area contributed by atoms with Gasteiger partial charge in [0.05, 0.1) is 4.90 Å². The number of aliphatic imine (C=N–C) groups is 1. The third kappa shape index (κ3) is 8.70. The topological polar surface area (TPSA) is 70.6 Å². The maximum atomic E-state index is 11.7. The van der Waals surface area contributed by atoms with Crippen LogP contribution in [0, 0.1) is 12.8 Å². The minimum Gasteiger partial charge on any atom is -0.356 e. The van der Waals surface area contributed by atoms with Gasteiger partial charge < -0.3 is 10.6 Å². The van der Waals surface area contributed by atoms with E-state index < -0.39 is 9.84 Å². The van der Waals surface area contributed by atoms with Crippen LogP contribution in [0.3, 0.4) is 0 Å². The van der Waals surface area contributed by atoms with Gasteiger partial charge in [-0.3, -0.25) is 4.99 Å². The highest BCUT2D eigenvalue weighted by Gasteiger charge is 2.11. The normalized spacial score (nSPS) is 13.0. The van der Waals surface area contributed by atoms with E-state index in [1.807, 2.05) is 19.1 Å². The van der Waals surface area contributed by atoms with Gasteiger partial charge in [0.2, 0.25) is 0 Å². The fourth-order valence-corrected chi connectivity index (χ4v) is 3.79. The van der Waals surface area contributed by atoms with Gasteiger partial charge in [-0.1, -0.05) is 45.2 Å². The summed E-state index contributed by atoms with van der Waals surface area (Å²) in [4.78, 5) is 4.66. The zero-order valence-electron chi connectivity index (χ0n) is 16.6. The van der Waals surface area contributed by atoms with E-state index in [9.17, 15) is 8.42 Å². The number of rotatable bonds is 9. The average Bonchev–Trinajstić information content (AvgIpc) is 2.56. The lowest BCUT2D eigenvalue weighted by molar-refractivity contribution is 0.443. The van der Waals surface area contributed by atoms with Gasteiger partial charge >= 0.3 is 0 Å². The number of aryl methyl sites for hydroxylation is 1. The van der Waals surface area contributed by atoms with Crippen LogP contribution in [0.25, 0.3) is 0 Å². The molecule has 0 heterocycles. The highest BCUT2D eigenvalue weighted by molar-refractivity contribution is 14.0. The summed E-state index contributed by atoms with van der Waals surface area (Å²) in [5.74, 6) is 1.44. The molecule has 1 aromatic carbocycles. The van der Waals surface area contributed by atoms with E-state index in [0.717, 1.165) is 30.1 Å². The summed E-state index contributed by atoms with van der Waals surface area (Å²) in [5, 5.41) is 6.69. The zero-order chi connectivity index (χ0) is 18.9. The highest BCUT2D eigenvalue weighted by Crippen LogP contribution is 2.16. The second-order valence-electron chi connectivity index (χ2n) is 6.60. The molecule has 150 valence electrons. The van der Waals surface area contributed by atoms with Crippen LogP contribution in [0.15, 0.2) is 28.1 Å². The summed E-state index contributed by atoms with van der Waals surface area (Å²) in [6.45, 7) is 7.80. The first-order valence-electron chi connectivity index (χ1n) is 9.05. The van der Waals surface area contributed by atoms with Crippen molar-refractivity contribution in [2.24, 2.45) is 10.9 Å². The Labute approximate surface area is 176 Å². The van der Waals surface area contributed by atoms with Gasteiger partial charge in [0, 0.05) is 26.4 Å². The lowest BCUT2D eigenvalue weighted by atomic mass is 9.99. The summed E-state index contributed by atoms with van der Waals surface area (Å²) >= 11 is 0. The van der Waals surface area contributed by atoms with Crippen molar-refractivity contribution in [3.63, 3.8) is 0 Å². The van der Waals surface area contributed by atoms with E-state index >= 15 is 0 Å². The van der Waals surface area contributed by atoms with E-state index in [0.29, 0.717) is 17.4 Å². The molecule has 1 atom stereocenters. The highest BCUT2D eigenvalue weighted by atomic mass is 127. The molecule has 0 saturated heterocycles. The second kappa shape index (κ2) is 12.5. The largest absolute Gasteiger partial charge is 0.356 e. The molecule has 0 spiro atoms. The molecule has 0 saturated carbocycles. The monoisotopic (exact) mass is 495 g/mol. The summed E-state index contributed by atoms with van der Waals surface area (Å²) in [7, 11) is -1.41. The molecule has 7 heteroatoms. The van der Waals surface area contributed by atoms with Gasteiger partial charge in [0.1, 0.15) is 0 Å². The van der Waals surface area contributed by atoms with Crippen LogP contribution in [0.2, 0.25) is 0 Å². The quantitative estimate of drug-likeness (QED) is 0.310. The SMILES string of the molecule is CCCCC(CC)CNC(=NC)NCc1ccc(S(C)(=O)=O)c(C)c1.I. The van der Waals surface area contributed by atoms with E-state index in [1.165, 1.54) is 25.5 Å². The van der Waals surface area contributed by atoms with Gasteiger partial charge in [-0.05, 0) is 36.5 Å². The molecule has 0 aliphatic carbocycles. The van der Waals surface area contributed by atoms with Crippen molar-refractivity contribution >= 4 is 39.8 Å². The van der Waals surface area contributed by atoms with Crippen molar-refractivity contribution < 1.29 is 8.42 Å². The third-order valence-electron chi connectivity index (χ3n) is 4.42. The summed E-state index contributed by atoms with van der Waals surface area (Å²) in [5.41, 5.74) is 1.81. The first-order chi connectivity index (χ1) is 11.8. The van der Waals surface area contributed by atoms with Crippen LogP contribution < -0.4 is 10.6 Å². The van der Waals surface area contributed by atoms with E-state index in [1.54, 1.807) is 13.1 Å². The van der Waals surface area contributed by atoms with Gasteiger partial charge in [0.25, 0.3) is 0 Å². The predicted octanol–water partition coefficient (Wildman–Crippen LogP) is 3.90. The maximum absolute atomic E-state index is 11.7. The Morgan fingerprint density at radius 2 is 1.92 bits per heavy atom. The number of unbranched alkanes of at least 4 members (excludes halogenated alkanes) is 1. The summed E-state index contributed by atoms with van der Waals surface area (Å²) in [6.07, 6.45) is 6.13. The molecule has 0 aromatic heterocycles. The van der Waals surface area contributed by atoms with E-state index in [2.05, 4.69) is 29.5 Å². The van der Waals surface area contributed by atoms with Crippen molar-refractivity contribution in [2.75, 3.05) is 19.8 Å². The van der Waals surface area contributed by atoms with E-state index in [-0.39, 0.29) is 24.0 Å². The second-order valence-corrected chi connectivity index (χ2v) is 8.58. The Bertz CT molecular complexity index is 675. The fraction of sp³-hybridized carbons (Fsp3) is 0.632. The molecule has 1 aromatic rings. The van der Waals surface area contributed by atoms with Gasteiger partial charge in [-0.2, -0.15) is 0 Å². The molecule has 0 fully saturated rings. The van der Waals surface area contributed by atoms with Crippen molar-refractivity contribution in [3.05, 3.63) is 29.3 Å². The van der Waals surface area contributed by atoms with Crippen molar-refractivity contribution in [1.82, 2.24) is 10.6 Å². The Morgan fingerprint density at radius 1 is 1.23 bits per heavy atom. The van der Waals surface area contributed by atoms with Gasteiger partial charge in [-0.15, -0.1) is 24.0 Å².